The van der Waals surface area contributed by atoms with Crippen molar-refractivity contribution in [1.29, 1.82) is 0 Å². The van der Waals surface area contributed by atoms with Gasteiger partial charge < -0.3 is 15.0 Å². The summed E-state index contributed by atoms with van der Waals surface area (Å²) in [6, 6.07) is 7.56. The summed E-state index contributed by atoms with van der Waals surface area (Å²) in [5.74, 6) is -3.72. The normalized spacial score (nSPS) is 19.2. The van der Waals surface area contributed by atoms with Gasteiger partial charge in [0.15, 0.2) is 17.5 Å². The van der Waals surface area contributed by atoms with E-state index in [1.807, 2.05) is 12.1 Å². The maximum Gasteiger partial charge on any atom is 0.317 e. The molecule has 0 aromatic heterocycles. The van der Waals surface area contributed by atoms with Crippen molar-refractivity contribution in [3.05, 3.63) is 68.9 Å². The number of carbonyl (C=O) groups excluding carboxylic acids is 2. The van der Waals surface area contributed by atoms with Gasteiger partial charge in [-0.2, -0.15) is 0 Å². The number of likely N-dealkylation sites (tertiary alicyclic amines) is 1. The summed E-state index contributed by atoms with van der Waals surface area (Å²) in [4.78, 5) is 26.1. The Morgan fingerprint density at radius 1 is 1.16 bits per heavy atom. The van der Waals surface area contributed by atoms with E-state index in [2.05, 4.69) is 27.3 Å². The fraction of sp³-hybridized carbons (Fsp3) is 0.417. The second-order valence-corrected chi connectivity index (χ2v) is 9.67. The van der Waals surface area contributed by atoms with Crippen LogP contribution in [-0.4, -0.2) is 29.8 Å². The lowest BCUT2D eigenvalue weighted by Gasteiger charge is -2.40. The van der Waals surface area contributed by atoms with Crippen LogP contribution in [0.5, 0.6) is 0 Å². The Hall–Kier alpha value is -2.35. The molecule has 1 aliphatic carbocycles. The van der Waals surface area contributed by atoms with E-state index in [-0.39, 0.29) is 35.3 Å². The van der Waals surface area contributed by atoms with E-state index in [1.165, 1.54) is 11.1 Å². The van der Waals surface area contributed by atoms with Crippen LogP contribution < -0.4 is 5.32 Å². The number of ketones is 1. The fourth-order valence-corrected chi connectivity index (χ4v) is 6.05. The number of hydrogen-bond acceptors (Lipinski definition) is 2. The van der Waals surface area contributed by atoms with Gasteiger partial charge in [-0.15, -0.1) is 0 Å². The summed E-state index contributed by atoms with van der Waals surface area (Å²) in [6.45, 7) is 2.59. The van der Waals surface area contributed by atoms with Crippen molar-refractivity contribution in [2.75, 3.05) is 13.1 Å². The van der Waals surface area contributed by atoms with Gasteiger partial charge in [-0.05, 0) is 67.0 Å². The zero-order chi connectivity index (χ0) is 23.0. The van der Waals surface area contributed by atoms with Crippen LogP contribution >= 0.6 is 15.9 Å². The average Bonchev–Trinajstić information content (AvgIpc) is 3.04. The summed E-state index contributed by atoms with van der Waals surface area (Å²) in [7, 11) is 0. The van der Waals surface area contributed by atoms with E-state index in [0.717, 1.165) is 35.9 Å². The highest BCUT2D eigenvalue weighted by atomic mass is 79.9. The Labute approximate surface area is 193 Å². The first-order valence-electron chi connectivity index (χ1n) is 10.6. The van der Waals surface area contributed by atoms with Gasteiger partial charge in [0, 0.05) is 35.9 Å². The van der Waals surface area contributed by atoms with Gasteiger partial charge in [-0.1, -0.05) is 28.1 Å². The molecule has 1 spiro atoms. The Morgan fingerprint density at radius 2 is 1.81 bits per heavy atom. The molecule has 0 radical (unpaired) electrons. The lowest BCUT2D eigenvalue weighted by molar-refractivity contribution is -0.117. The number of amides is 2. The van der Waals surface area contributed by atoms with Crippen molar-refractivity contribution in [3.8, 4) is 0 Å². The number of Topliss-reactive ketones (excluding diaryl/α,β-unsaturated/α-hetero) is 1. The Balaban J connectivity index is 1.43. The summed E-state index contributed by atoms with van der Waals surface area (Å²) < 4.78 is 40.9. The van der Waals surface area contributed by atoms with E-state index in [9.17, 15) is 22.8 Å². The molecule has 0 saturated carbocycles. The number of nitrogens with zero attached hydrogens (tertiary/aromatic N) is 1. The van der Waals surface area contributed by atoms with Crippen molar-refractivity contribution in [1.82, 2.24) is 10.2 Å². The van der Waals surface area contributed by atoms with Crippen molar-refractivity contribution in [2.45, 2.75) is 50.5 Å². The smallest absolute Gasteiger partial charge is 0.317 e. The Morgan fingerprint density at radius 3 is 2.44 bits per heavy atom. The zero-order valence-electron chi connectivity index (χ0n) is 17.7. The van der Waals surface area contributed by atoms with Crippen LogP contribution in [0.2, 0.25) is 0 Å². The van der Waals surface area contributed by atoms with Crippen molar-refractivity contribution in [2.24, 2.45) is 0 Å². The quantitative estimate of drug-likeness (QED) is 0.548. The molecule has 170 valence electrons. The molecule has 0 bridgehead atoms. The van der Waals surface area contributed by atoms with E-state index in [0.29, 0.717) is 19.5 Å². The number of carbonyl (C=O) groups is 2. The highest BCUT2D eigenvalue weighted by Gasteiger charge is 2.47. The fourth-order valence-electron chi connectivity index (χ4n) is 5.24. The summed E-state index contributed by atoms with van der Waals surface area (Å²) in [5.41, 5.74) is 2.54. The average molecular weight is 509 g/mol. The largest absolute Gasteiger partial charge is 0.334 e. The van der Waals surface area contributed by atoms with Gasteiger partial charge in [0.25, 0.3) is 0 Å². The molecule has 2 amide bonds. The molecule has 4 nitrogen and oxygen atoms in total. The molecule has 1 heterocycles. The monoisotopic (exact) mass is 508 g/mol. The maximum atomic E-state index is 13.4. The summed E-state index contributed by atoms with van der Waals surface area (Å²) in [6.07, 6.45) is 2.93. The van der Waals surface area contributed by atoms with Crippen LogP contribution in [0.1, 0.15) is 55.2 Å². The first-order valence-corrected chi connectivity index (χ1v) is 11.4. The first kappa shape index (κ1) is 22.8. The van der Waals surface area contributed by atoms with E-state index >= 15 is 0 Å². The van der Waals surface area contributed by atoms with Crippen LogP contribution in [0.25, 0.3) is 0 Å². The SMILES string of the molecule is CC(=O)CC1CC2(CCN(C(=O)NCc3cc(F)c(F)c(F)c3)CC2)c2c(Br)cccc21. The van der Waals surface area contributed by atoms with Crippen molar-refractivity contribution in [3.63, 3.8) is 0 Å². The molecule has 1 fully saturated rings. The molecule has 2 aromatic carbocycles. The number of halogens is 4. The van der Waals surface area contributed by atoms with Crippen molar-refractivity contribution < 1.29 is 22.8 Å². The molecule has 1 saturated heterocycles. The van der Waals surface area contributed by atoms with E-state index < -0.39 is 17.5 Å². The summed E-state index contributed by atoms with van der Waals surface area (Å²) >= 11 is 3.70. The standard InChI is InChI=1S/C24H24BrF3N2O2/c1-14(31)9-16-12-24(21-17(16)3-2-4-18(21)25)5-7-30(8-6-24)23(32)29-13-15-10-19(26)22(28)20(27)11-15/h2-4,10-11,16H,5-9,12-13H2,1H3,(H,29,32). The molecule has 1 aliphatic heterocycles. The third-order valence-electron chi connectivity index (χ3n) is 6.68. The molecule has 2 aliphatic rings. The number of piperidine rings is 1. The van der Waals surface area contributed by atoms with E-state index in [4.69, 9.17) is 0 Å². The molecule has 1 unspecified atom stereocenters. The number of nitrogens with one attached hydrogen (secondary N) is 1. The molecule has 8 heteroatoms. The third kappa shape index (κ3) is 4.29. The van der Waals surface area contributed by atoms with Gasteiger partial charge in [-0.25, -0.2) is 18.0 Å². The highest BCUT2D eigenvalue weighted by molar-refractivity contribution is 9.10. The lowest BCUT2D eigenvalue weighted by atomic mass is 9.73. The molecular formula is C24H24BrF3N2O2. The topological polar surface area (TPSA) is 49.4 Å². The number of rotatable bonds is 4. The molecular weight excluding hydrogens is 485 g/mol. The lowest BCUT2D eigenvalue weighted by Crippen LogP contribution is -2.48. The minimum absolute atomic E-state index is 0.0878. The van der Waals surface area contributed by atoms with Crippen LogP contribution in [0.4, 0.5) is 18.0 Å². The minimum Gasteiger partial charge on any atom is -0.334 e. The first-order chi connectivity index (χ1) is 15.2. The number of urea groups is 1. The molecule has 32 heavy (non-hydrogen) atoms. The van der Waals surface area contributed by atoms with Gasteiger partial charge in [-0.3, -0.25) is 0 Å². The van der Waals surface area contributed by atoms with Gasteiger partial charge in [0.1, 0.15) is 5.78 Å². The predicted octanol–water partition coefficient (Wildman–Crippen LogP) is 5.58. The van der Waals surface area contributed by atoms with E-state index in [1.54, 1.807) is 11.8 Å². The third-order valence-corrected chi connectivity index (χ3v) is 7.34. The number of fused-ring (bicyclic) bond motifs is 2. The van der Waals surface area contributed by atoms with Crippen LogP contribution in [0, 0.1) is 17.5 Å². The van der Waals surface area contributed by atoms with Crippen LogP contribution in [-0.2, 0) is 16.8 Å². The van der Waals surface area contributed by atoms with Gasteiger partial charge >= 0.3 is 6.03 Å². The van der Waals surface area contributed by atoms with Crippen LogP contribution in [0.15, 0.2) is 34.8 Å². The maximum absolute atomic E-state index is 13.4. The molecule has 4 rings (SSSR count). The van der Waals surface area contributed by atoms with Crippen LogP contribution in [0.3, 0.4) is 0 Å². The van der Waals surface area contributed by atoms with Gasteiger partial charge in [0.05, 0.1) is 0 Å². The summed E-state index contributed by atoms with van der Waals surface area (Å²) in [5, 5.41) is 2.66. The molecule has 1 N–H and O–H groups in total. The number of benzene rings is 2. The van der Waals surface area contributed by atoms with Gasteiger partial charge in [0.2, 0.25) is 0 Å². The Bertz CT molecular complexity index is 1040. The number of hydrogen-bond donors (Lipinski definition) is 1. The predicted molar refractivity (Wildman–Crippen MR) is 118 cm³/mol. The zero-order valence-corrected chi connectivity index (χ0v) is 19.3. The second-order valence-electron chi connectivity index (χ2n) is 8.81. The second kappa shape index (κ2) is 8.89. The molecule has 1 atom stereocenters. The van der Waals surface area contributed by atoms with Crippen molar-refractivity contribution >= 4 is 27.7 Å². The Kier molecular flexibility index (Phi) is 6.34. The minimum atomic E-state index is -1.52. The highest BCUT2D eigenvalue weighted by Crippen LogP contribution is 2.55. The molecule has 2 aromatic rings.